The molecule has 0 unspecified atom stereocenters. The number of hydrogen-bond donors (Lipinski definition) is 3. The van der Waals surface area contributed by atoms with Gasteiger partial charge in [-0.1, -0.05) is 86.6 Å². The van der Waals surface area contributed by atoms with E-state index in [2.05, 4.69) is 46.8 Å². The Balaban J connectivity index is 1.54. The molecule has 190 valence electrons. The second-order valence-corrected chi connectivity index (χ2v) is 8.84. The van der Waals surface area contributed by atoms with Gasteiger partial charge < -0.3 is 20.9 Å². The fourth-order valence-electron chi connectivity index (χ4n) is 4.14. The Morgan fingerprint density at radius 1 is 0.806 bits per heavy atom. The van der Waals surface area contributed by atoms with Gasteiger partial charge in [0.05, 0.1) is 0 Å². The molecule has 0 aromatic heterocycles. The molecule has 0 fully saturated rings. The van der Waals surface area contributed by atoms with E-state index in [1.54, 1.807) is 0 Å². The minimum absolute atomic E-state index is 0.0129. The van der Waals surface area contributed by atoms with Crippen molar-refractivity contribution in [1.29, 1.82) is 0 Å². The van der Waals surface area contributed by atoms with Gasteiger partial charge in [0.2, 0.25) is 5.91 Å². The van der Waals surface area contributed by atoms with Crippen molar-refractivity contribution in [3.63, 3.8) is 0 Å². The molecule has 3 amide bonds. The van der Waals surface area contributed by atoms with Crippen molar-refractivity contribution in [2.45, 2.75) is 39.2 Å². The van der Waals surface area contributed by atoms with Crippen molar-refractivity contribution in [1.82, 2.24) is 15.5 Å². The molecule has 0 saturated carbocycles. The van der Waals surface area contributed by atoms with Crippen LogP contribution in [0.15, 0.2) is 84.9 Å². The van der Waals surface area contributed by atoms with Gasteiger partial charge in [0.1, 0.15) is 0 Å². The number of nitrogens with one attached hydrogen (secondary N) is 3. The second kappa shape index (κ2) is 14.7. The van der Waals surface area contributed by atoms with Crippen LogP contribution in [-0.2, 0) is 11.2 Å². The standard InChI is InChI=1S/C30H38N4O2/c1-3-34(4-2)22-21-31-29(35)20-19-28(23-24-11-7-5-8-12-24)33-30(36)32-27-17-15-26(16-18-27)25-13-9-6-10-14-25/h5-18,28H,3-4,19-23H2,1-2H3,(H,31,35)(H2,32,33,36)/t28-/m1/s1. The molecule has 0 aliphatic rings. The van der Waals surface area contributed by atoms with E-state index in [0.717, 1.165) is 42.0 Å². The molecule has 6 nitrogen and oxygen atoms in total. The first-order valence-corrected chi connectivity index (χ1v) is 12.8. The summed E-state index contributed by atoms with van der Waals surface area (Å²) in [4.78, 5) is 27.5. The molecule has 0 aliphatic heterocycles. The summed E-state index contributed by atoms with van der Waals surface area (Å²) < 4.78 is 0. The largest absolute Gasteiger partial charge is 0.355 e. The van der Waals surface area contributed by atoms with Crippen LogP contribution in [0.25, 0.3) is 11.1 Å². The zero-order chi connectivity index (χ0) is 25.6. The van der Waals surface area contributed by atoms with Gasteiger partial charge in [0.15, 0.2) is 0 Å². The van der Waals surface area contributed by atoms with Crippen LogP contribution in [0.4, 0.5) is 10.5 Å². The smallest absolute Gasteiger partial charge is 0.319 e. The number of urea groups is 1. The van der Waals surface area contributed by atoms with Gasteiger partial charge in [-0.3, -0.25) is 4.79 Å². The van der Waals surface area contributed by atoms with Crippen LogP contribution in [0.5, 0.6) is 0 Å². The average Bonchev–Trinajstić information content (AvgIpc) is 2.91. The lowest BCUT2D eigenvalue weighted by Gasteiger charge is -2.20. The Bertz CT molecular complexity index is 1050. The summed E-state index contributed by atoms with van der Waals surface area (Å²) in [6.45, 7) is 7.66. The van der Waals surface area contributed by atoms with Crippen LogP contribution >= 0.6 is 0 Å². The molecule has 0 heterocycles. The zero-order valence-corrected chi connectivity index (χ0v) is 21.4. The Morgan fingerprint density at radius 3 is 2.06 bits per heavy atom. The molecule has 0 radical (unpaired) electrons. The summed E-state index contributed by atoms with van der Waals surface area (Å²) >= 11 is 0. The third-order valence-corrected chi connectivity index (χ3v) is 6.27. The highest BCUT2D eigenvalue weighted by atomic mass is 16.2. The van der Waals surface area contributed by atoms with Crippen molar-refractivity contribution < 1.29 is 9.59 Å². The first-order valence-electron chi connectivity index (χ1n) is 12.8. The summed E-state index contributed by atoms with van der Waals surface area (Å²) in [6.07, 6.45) is 1.59. The monoisotopic (exact) mass is 486 g/mol. The number of rotatable bonds is 13. The summed E-state index contributed by atoms with van der Waals surface area (Å²) in [5, 5.41) is 9.00. The Hall–Kier alpha value is -3.64. The first-order chi connectivity index (χ1) is 17.6. The molecule has 0 spiro atoms. The van der Waals surface area contributed by atoms with Crippen molar-refractivity contribution in [2.75, 3.05) is 31.5 Å². The van der Waals surface area contributed by atoms with Crippen LogP contribution in [0.3, 0.4) is 0 Å². The molecular formula is C30H38N4O2. The molecule has 3 N–H and O–H groups in total. The SMILES string of the molecule is CCN(CC)CCNC(=O)CC[C@H](Cc1ccccc1)NC(=O)Nc1ccc(-c2ccccc2)cc1. The van der Waals surface area contributed by atoms with Crippen LogP contribution in [-0.4, -0.2) is 49.1 Å². The number of anilines is 1. The third-order valence-electron chi connectivity index (χ3n) is 6.27. The van der Waals surface area contributed by atoms with Gasteiger partial charge in [-0.2, -0.15) is 0 Å². The second-order valence-electron chi connectivity index (χ2n) is 8.84. The first kappa shape index (κ1) is 27.0. The molecular weight excluding hydrogens is 448 g/mol. The quantitative estimate of drug-likeness (QED) is 0.306. The van der Waals surface area contributed by atoms with Crippen LogP contribution in [0.1, 0.15) is 32.3 Å². The number of benzene rings is 3. The zero-order valence-electron chi connectivity index (χ0n) is 21.4. The van der Waals surface area contributed by atoms with Crippen LogP contribution in [0.2, 0.25) is 0 Å². The van der Waals surface area contributed by atoms with Crippen molar-refractivity contribution in [3.8, 4) is 11.1 Å². The highest BCUT2D eigenvalue weighted by molar-refractivity contribution is 5.89. The van der Waals surface area contributed by atoms with E-state index in [0.29, 0.717) is 25.8 Å². The minimum atomic E-state index is -0.273. The number of carbonyl (C=O) groups excluding carboxylic acids is 2. The molecule has 36 heavy (non-hydrogen) atoms. The molecule has 1 atom stereocenters. The van der Waals surface area contributed by atoms with E-state index in [-0.39, 0.29) is 18.0 Å². The average molecular weight is 487 g/mol. The maximum absolute atomic E-state index is 12.8. The summed E-state index contributed by atoms with van der Waals surface area (Å²) in [5.41, 5.74) is 4.07. The van der Waals surface area contributed by atoms with E-state index < -0.39 is 0 Å². The maximum atomic E-state index is 12.8. The van der Waals surface area contributed by atoms with Crippen LogP contribution in [0, 0.1) is 0 Å². The van der Waals surface area contributed by atoms with Crippen molar-refractivity contribution in [2.24, 2.45) is 0 Å². The summed E-state index contributed by atoms with van der Waals surface area (Å²) in [7, 11) is 0. The van der Waals surface area contributed by atoms with E-state index in [1.807, 2.05) is 72.8 Å². The highest BCUT2D eigenvalue weighted by Gasteiger charge is 2.15. The fourth-order valence-corrected chi connectivity index (χ4v) is 4.14. The number of nitrogens with zero attached hydrogens (tertiary/aromatic N) is 1. The van der Waals surface area contributed by atoms with E-state index >= 15 is 0 Å². The predicted octanol–water partition coefficient (Wildman–Crippen LogP) is 5.32. The van der Waals surface area contributed by atoms with E-state index in [1.165, 1.54) is 0 Å². The van der Waals surface area contributed by atoms with Gasteiger partial charge in [-0.15, -0.1) is 0 Å². The maximum Gasteiger partial charge on any atom is 0.319 e. The number of hydrogen-bond acceptors (Lipinski definition) is 3. The molecule has 0 aliphatic carbocycles. The lowest BCUT2D eigenvalue weighted by atomic mass is 10.0. The molecule has 0 bridgehead atoms. The van der Waals surface area contributed by atoms with Gasteiger partial charge in [-0.25, -0.2) is 4.79 Å². The van der Waals surface area contributed by atoms with E-state index in [9.17, 15) is 9.59 Å². The Kier molecular flexibility index (Phi) is 11.0. The fraction of sp³-hybridized carbons (Fsp3) is 0.333. The summed E-state index contributed by atoms with van der Waals surface area (Å²) in [5.74, 6) is 0.0129. The predicted molar refractivity (Wildman–Crippen MR) is 148 cm³/mol. The Morgan fingerprint density at radius 2 is 1.42 bits per heavy atom. The number of likely N-dealkylation sites (N-methyl/N-ethyl adjacent to an activating group) is 1. The Labute approximate surface area is 215 Å². The molecule has 3 rings (SSSR count). The van der Waals surface area contributed by atoms with Gasteiger partial charge in [0.25, 0.3) is 0 Å². The molecule has 3 aromatic carbocycles. The van der Waals surface area contributed by atoms with Gasteiger partial charge in [0, 0.05) is 31.2 Å². The highest BCUT2D eigenvalue weighted by Crippen LogP contribution is 2.21. The van der Waals surface area contributed by atoms with Crippen molar-refractivity contribution in [3.05, 3.63) is 90.5 Å². The molecule has 3 aromatic rings. The molecule has 0 saturated heterocycles. The van der Waals surface area contributed by atoms with Gasteiger partial charge in [-0.05, 0) is 54.8 Å². The minimum Gasteiger partial charge on any atom is -0.355 e. The third kappa shape index (κ3) is 9.19. The van der Waals surface area contributed by atoms with Gasteiger partial charge >= 0.3 is 6.03 Å². The normalized spacial score (nSPS) is 11.6. The number of carbonyl (C=O) groups is 2. The topological polar surface area (TPSA) is 73.5 Å². The lowest BCUT2D eigenvalue weighted by molar-refractivity contribution is -0.121. The number of amides is 3. The lowest BCUT2D eigenvalue weighted by Crippen LogP contribution is -2.40. The molecule has 6 heteroatoms. The van der Waals surface area contributed by atoms with E-state index in [4.69, 9.17) is 0 Å². The summed E-state index contributed by atoms with van der Waals surface area (Å²) in [6, 6.07) is 27.5. The van der Waals surface area contributed by atoms with Crippen LogP contribution < -0.4 is 16.0 Å². The van der Waals surface area contributed by atoms with Crippen molar-refractivity contribution >= 4 is 17.6 Å².